The summed E-state index contributed by atoms with van der Waals surface area (Å²) in [7, 11) is 0. The standard InChI is InChI=1S/C11H14O/c1-10(9-12)7-8-11-5-3-2-4-6-11/h2-7,12H,8-9H2,1H3. The van der Waals surface area contributed by atoms with E-state index >= 15 is 0 Å². The number of allylic oxidation sites excluding steroid dienone is 1. The summed E-state index contributed by atoms with van der Waals surface area (Å²) in [6, 6.07) is 10.2. The molecule has 12 heavy (non-hydrogen) atoms. The fraction of sp³-hybridized carbons (Fsp3) is 0.273. The summed E-state index contributed by atoms with van der Waals surface area (Å²) < 4.78 is 0. The van der Waals surface area contributed by atoms with Gasteiger partial charge in [-0.1, -0.05) is 42.0 Å². The van der Waals surface area contributed by atoms with Crippen LogP contribution in [0, 0.1) is 0 Å². The Kier molecular flexibility index (Phi) is 3.55. The van der Waals surface area contributed by atoms with Crippen molar-refractivity contribution in [2.45, 2.75) is 13.3 Å². The molecule has 1 aromatic rings. The summed E-state index contributed by atoms with van der Waals surface area (Å²) in [6.07, 6.45) is 2.96. The zero-order chi connectivity index (χ0) is 8.81. The average molecular weight is 162 g/mol. The van der Waals surface area contributed by atoms with Crippen LogP contribution in [-0.4, -0.2) is 11.7 Å². The quantitative estimate of drug-likeness (QED) is 0.675. The van der Waals surface area contributed by atoms with E-state index in [4.69, 9.17) is 5.11 Å². The first kappa shape index (κ1) is 9.01. The van der Waals surface area contributed by atoms with Gasteiger partial charge in [-0.05, 0) is 18.9 Å². The second kappa shape index (κ2) is 4.73. The highest BCUT2D eigenvalue weighted by molar-refractivity contribution is 5.18. The van der Waals surface area contributed by atoms with Crippen molar-refractivity contribution >= 4 is 0 Å². The number of hydrogen-bond donors (Lipinski definition) is 1. The first-order valence-electron chi connectivity index (χ1n) is 4.13. The number of hydrogen-bond acceptors (Lipinski definition) is 1. The van der Waals surface area contributed by atoms with Gasteiger partial charge in [-0.3, -0.25) is 0 Å². The summed E-state index contributed by atoms with van der Waals surface area (Å²) >= 11 is 0. The van der Waals surface area contributed by atoms with Gasteiger partial charge in [0.2, 0.25) is 0 Å². The van der Waals surface area contributed by atoms with Crippen LogP contribution in [0.3, 0.4) is 0 Å². The maximum Gasteiger partial charge on any atom is 0.0639 e. The van der Waals surface area contributed by atoms with Crippen molar-refractivity contribution in [2.75, 3.05) is 6.61 Å². The third kappa shape index (κ3) is 2.89. The highest BCUT2D eigenvalue weighted by Gasteiger charge is 1.88. The highest BCUT2D eigenvalue weighted by atomic mass is 16.3. The molecule has 0 bridgehead atoms. The number of aliphatic hydroxyl groups is 1. The van der Waals surface area contributed by atoms with E-state index in [9.17, 15) is 0 Å². The minimum atomic E-state index is 0.160. The summed E-state index contributed by atoms with van der Waals surface area (Å²) in [5.74, 6) is 0. The molecule has 1 nitrogen and oxygen atoms in total. The Morgan fingerprint density at radius 1 is 1.33 bits per heavy atom. The first-order chi connectivity index (χ1) is 5.83. The Balaban J connectivity index is 2.54. The van der Waals surface area contributed by atoms with Crippen LogP contribution >= 0.6 is 0 Å². The zero-order valence-corrected chi connectivity index (χ0v) is 7.33. The maximum atomic E-state index is 8.74. The van der Waals surface area contributed by atoms with E-state index in [0.29, 0.717) is 0 Å². The largest absolute Gasteiger partial charge is 0.392 e. The van der Waals surface area contributed by atoms with E-state index in [0.717, 1.165) is 12.0 Å². The van der Waals surface area contributed by atoms with Gasteiger partial charge in [-0.25, -0.2) is 0 Å². The minimum Gasteiger partial charge on any atom is -0.392 e. The summed E-state index contributed by atoms with van der Waals surface area (Å²) in [6.45, 7) is 2.09. The molecule has 0 spiro atoms. The Hall–Kier alpha value is -1.08. The predicted molar refractivity (Wildman–Crippen MR) is 51.0 cm³/mol. The van der Waals surface area contributed by atoms with Crippen molar-refractivity contribution in [2.24, 2.45) is 0 Å². The van der Waals surface area contributed by atoms with Crippen molar-refractivity contribution in [3.8, 4) is 0 Å². The molecule has 0 amide bonds. The van der Waals surface area contributed by atoms with Gasteiger partial charge in [0, 0.05) is 0 Å². The highest BCUT2D eigenvalue weighted by Crippen LogP contribution is 2.02. The second-order valence-corrected chi connectivity index (χ2v) is 2.90. The number of rotatable bonds is 3. The Labute approximate surface area is 73.4 Å². The lowest BCUT2D eigenvalue weighted by Gasteiger charge is -1.96. The molecule has 0 heterocycles. The molecule has 0 saturated carbocycles. The molecule has 0 aromatic heterocycles. The Morgan fingerprint density at radius 3 is 2.58 bits per heavy atom. The molecule has 0 aliphatic rings. The molecule has 1 N–H and O–H groups in total. The van der Waals surface area contributed by atoms with Gasteiger partial charge < -0.3 is 5.11 Å². The Morgan fingerprint density at radius 2 is 2.00 bits per heavy atom. The van der Waals surface area contributed by atoms with Gasteiger partial charge in [-0.2, -0.15) is 0 Å². The predicted octanol–water partition coefficient (Wildman–Crippen LogP) is 2.17. The second-order valence-electron chi connectivity index (χ2n) is 2.90. The van der Waals surface area contributed by atoms with Crippen molar-refractivity contribution < 1.29 is 5.11 Å². The first-order valence-corrected chi connectivity index (χ1v) is 4.13. The topological polar surface area (TPSA) is 20.2 Å². The summed E-state index contributed by atoms with van der Waals surface area (Å²) in [4.78, 5) is 0. The SMILES string of the molecule is CC(=CCc1ccccc1)CO. The molecule has 0 aliphatic heterocycles. The summed E-state index contributed by atoms with van der Waals surface area (Å²) in [5, 5.41) is 8.74. The smallest absolute Gasteiger partial charge is 0.0639 e. The van der Waals surface area contributed by atoms with Crippen molar-refractivity contribution in [1.82, 2.24) is 0 Å². The molecular formula is C11H14O. The number of benzene rings is 1. The van der Waals surface area contributed by atoms with E-state index in [1.54, 1.807) is 0 Å². The summed E-state index contributed by atoms with van der Waals surface area (Å²) in [5.41, 5.74) is 2.31. The molecule has 0 atom stereocenters. The normalized spacial score (nSPS) is 11.7. The van der Waals surface area contributed by atoms with Gasteiger partial charge >= 0.3 is 0 Å². The van der Waals surface area contributed by atoms with Crippen LogP contribution in [0.2, 0.25) is 0 Å². The van der Waals surface area contributed by atoms with Crippen molar-refractivity contribution in [1.29, 1.82) is 0 Å². The Bertz CT molecular complexity index is 249. The molecule has 0 saturated heterocycles. The maximum absolute atomic E-state index is 8.74. The molecule has 1 heteroatoms. The fourth-order valence-corrected chi connectivity index (χ4v) is 0.971. The lowest BCUT2D eigenvalue weighted by Crippen LogP contribution is -1.86. The van der Waals surface area contributed by atoms with Crippen LogP contribution in [-0.2, 0) is 6.42 Å². The van der Waals surface area contributed by atoms with Crippen molar-refractivity contribution in [3.05, 3.63) is 47.5 Å². The van der Waals surface area contributed by atoms with E-state index in [1.165, 1.54) is 5.56 Å². The number of aliphatic hydroxyl groups excluding tert-OH is 1. The molecule has 0 fully saturated rings. The molecule has 1 aromatic carbocycles. The lowest BCUT2D eigenvalue weighted by atomic mass is 10.1. The van der Waals surface area contributed by atoms with E-state index < -0.39 is 0 Å². The molecule has 64 valence electrons. The van der Waals surface area contributed by atoms with Crippen LogP contribution in [0.25, 0.3) is 0 Å². The van der Waals surface area contributed by atoms with E-state index in [-0.39, 0.29) is 6.61 Å². The third-order valence-electron chi connectivity index (χ3n) is 1.78. The molecule has 0 unspecified atom stereocenters. The molecule has 1 rings (SSSR count). The van der Waals surface area contributed by atoms with Crippen LogP contribution in [0.15, 0.2) is 42.0 Å². The molecule has 0 aliphatic carbocycles. The van der Waals surface area contributed by atoms with Gasteiger partial charge in [0.1, 0.15) is 0 Å². The fourth-order valence-electron chi connectivity index (χ4n) is 0.971. The lowest BCUT2D eigenvalue weighted by molar-refractivity contribution is 0.331. The van der Waals surface area contributed by atoms with Crippen LogP contribution < -0.4 is 0 Å². The third-order valence-corrected chi connectivity index (χ3v) is 1.78. The monoisotopic (exact) mass is 162 g/mol. The minimum absolute atomic E-state index is 0.160. The van der Waals surface area contributed by atoms with Gasteiger partial charge in [0.15, 0.2) is 0 Å². The van der Waals surface area contributed by atoms with Crippen LogP contribution in [0.4, 0.5) is 0 Å². The van der Waals surface area contributed by atoms with Crippen LogP contribution in [0.1, 0.15) is 12.5 Å². The zero-order valence-electron chi connectivity index (χ0n) is 7.33. The van der Waals surface area contributed by atoms with Crippen molar-refractivity contribution in [3.63, 3.8) is 0 Å². The average Bonchev–Trinajstić information content (AvgIpc) is 2.16. The van der Waals surface area contributed by atoms with Crippen LogP contribution in [0.5, 0.6) is 0 Å². The van der Waals surface area contributed by atoms with Gasteiger partial charge in [0.25, 0.3) is 0 Å². The molecular weight excluding hydrogens is 148 g/mol. The molecule has 0 radical (unpaired) electrons. The van der Waals surface area contributed by atoms with Gasteiger partial charge in [0.05, 0.1) is 6.61 Å². The van der Waals surface area contributed by atoms with Gasteiger partial charge in [-0.15, -0.1) is 0 Å². The van der Waals surface area contributed by atoms with E-state index in [1.807, 2.05) is 25.1 Å². The van der Waals surface area contributed by atoms with E-state index in [2.05, 4.69) is 18.2 Å².